The fourth-order valence-corrected chi connectivity index (χ4v) is 4.98. The van der Waals surface area contributed by atoms with E-state index in [1.807, 2.05) is 50.2 Å². The van der Waals surface area contributed by atoms with Crippen LogP contribution in [-0.4, -0.2) is 47.6 Å². The molecule has 36 heavy (non-hydrogen) atoms. The Balaban J connectivity index is 1.31. The number of hydrogen-bond donors (Lipinski definition) is 2. The second-order valence-electron chi connectivity index (χ2n) is 8.64. The van der Waals surface area contributed by atoms with Crippen molar-refractivity contribution in [2.45, 2.75) is 46.3 Å². The van der Waals surface area contributed by atoms with Crippen LogP contribution in [0.4, 0.5) is 10.8 Å². The van der Waals surface area contributed by atoms with Crippen LogP contribution in [0.25, 0.3) is 0 Å². The Morgan fingerprint density at radius 2 is 2.03 bits per heavy atom. The topological polar surface area (TPSA) is 106 Å². The van der Waals surface area contributed by atoms with E-state index in [0.717, 1.165) is 36.5 Å². The molecule has 9 nitrogen and oxygen atoms in total. The van der Waals surface area contributed by atoms with Gasteiger partial charge in [0.15, 0.2) is 5.13 Å². The third-order valence-corrected chi connectivity index (χ3v) is 6.91. The third-order valence-electron chi connectivity index (χ3n) is 5.84. The van der Waals surface area contributed by atoms with Crippen molar-refractivity contribution >= 4 is 34.0 Å². The average molecular weight is 510 g/mol. The molecule has 1 aliphatic rings. The van der Waals surface area contributed by atoms with Crippen LogP contribution < -0.4 is 25.0 Å². The largest absolute Gasteiger partial charge is 0.489 e. The fourth-order valence-electron chi connectivity index (χ4n) is 4.07. The van der Waals surface area contributed by atoms with E-state index in [1.54, 1.807) is 13.1 Å². The van der Waals surface area contributed by atoms with Gasteiger partial charge in [-0.1, -0.05) is 23.5 Å². The molecule has 1 saturated heterocycles. The Labute approximate surface area is 214 Å². The van der Waals surface area contributed by atoms with Crippen LogP contribution in [0.2, 0.25) is 0 Å². The zero-order chi connectivity index (χ0) is 25.7. The number of aryl methyl sites for hydroxylation is 1. The predicted molar refractivity (Wildman–Crippen MR) is 140 cm³/mol. The molecule has 0 unspecified atom stereocenters. The van der Waals surface area contributed by atoms with Crippen molar-refractivity contribution in [1.82, 2.24) is 15.3 Å². The maximum atomic E-state index is 12.8. The SMILES string of the molecule is CCOc1cc(N2CC[C@@H](Oc3ccc([C@H](C)NC(=O)c4sc(NC(C)=O)nc4C)cc3)C2)ccn1. The number of pyridine rings is 1. The standard InChI is InChI=1S/C26H31N5O4S/c1-5-34-23-14-20(10-12-27-23)31-13-11-22(15-31)35-21-8-6-19(7-9-21)16(2)28-25(33)24-17(3)29-26(36-24)30-18(4)32/h6-10,12,14,16,22H,5,11,13,15H2,1-4H3,(H,28,33)(H,29,30,32)/t16-,22+/m0/s1. The van der Waals surface area contributed by atoms with Crippen LogP contribution in [0, 0.1) is 6.92 Å². The zero-order valence-electron chi connectivity index (χ0n) is 20.9. The molecule has 0 radical (unpaired) electrons. The Bertz CT molecular complexity index is 1210. The van der Waals surface area contributed by atoms with E-state index in [1.165, 1.54) is 18.3 Å². The molecule has 1 aromatic carbocycles. The van der Waals surface area contributed by atoms with Gasteiger partial charge in [-0.3, -0.25) is 9.59 Å². The Morgan fingerprint density at radius 1 is 1.25 bits per heavy atom. The van der Waals surface area contributed by atoms with Gasteiger partial charge in [-0.15, -0.1) is 0 Å². The number of benzene rings is 1. The van der Waals surface area contributed by atoms with E-state index in [9.17, 15) is 9.59 Å². The molecule has 4 rings (SSSR count). The van der Waals surface area contributed by atoms with Crippen LogP contribution in [0.1, 0.15) is 54.2 Å². The number of amides is 2. The highest BCUT2D eigenvalue weighted by atomic mass is 32.1. The number of ether oxygens (including phenoxy) is 2. The van der Waals surface area contributed by atoms with Gasteiger partial charge in [0.05, 0.1) is 24.9 Å². The van der Waals surface area contributed by atoms with Gasteiger partial charge in [-0.25, -0.2) is 9.97 Å². The van der Waals surface area contributed by atoms with Gasteiger partial charge in [0.1, 0.15) is 16.7 Å². The molecule has 1 aliphatic heterocycles. The lowest BCUT2D eigenvalue weighted by Gasteiger charge is -2.20. The maximum Gasteiger partial charge on any atom is 0.263 e. The lowest BCUT2D eigenvalue weighted by Crippen LogP contribution is -2.26. The Kier molecular flexibility index (Phi) is 8.04. The number of thiazole rings is 1. The van der Waals surface area contributed by atoms with Crippen LogP contribution >= 0.6 is 11.3 Å². The van der Waals surface area contributed by atoms with Crippen molar-refractivity contribution in [2.24, 2.45) is 0 Å². The number of nitrogens with zero attached hydrogens (tertiary/aromatic N) is 3. The number of anilines is 2. The summed E-state index contributed by atoms with van der Waals surface area (Å²) in [7, 11) is 0. The summed E-state index contributed by atoms with van der Waals surface area (Å²) in [5.74, 6) is 0.996. The molecule has 3 aromatic rings. The fraction of sp³-hybridized carbons (Fsp3) is 0.385. The number of hydrogen-bond acceptors (Lipinski definition) is 8. The summed E-state index contributed by atoms with van der Waals surface area (Å²) in [6, 6.07) is 11.6. The minimum atomic E-state index is -0.218. The number of nitrogens with one attached hydrogen (secondary N) is 2. The van der Waals surface area contributed by atoms with Crippen molar-refractivity contribution in [3.05, 3.63) is 58.7 Å². The summed E-state index contributed by atoms with van der Waals surface area (Å²) in [5.41, 5.74) is 2.64. The van der Waals surface area contributed by atoms with E-state index in [0.29, 0.717) is 28.2 Å². The minimum absolute atomic E-state index is 0.0868. The molecule has 2 aromatic heterocycles. The molecule has 0 saturated carbocycles. The molecule has 190 valence electrons. The van der Waals surface area contributed by atoms with E-state index < -0.39 is 0 Å². The van der Waals surface area contributed by atoms with Crippen LogP contribution in [0.5, 0.6) is 11.6 Å². The molecule has 3 heterocycles. The number of rotatable bonds is 9. The zero-order valence-corrected chi connectivity index (χ0v) is 21.7. The van der Waals surface area contributed by atoms with Gasteiger partial charge in [0.2, 0.25) is 11.8 Å². The van der Waals surface area contributed by atoms with Crippen LogP contribution in [0.3, 0.4) is 0 Å². The molecule has 2 N–H and O–H groups in total. The second kappa shape index (κ2) is 11.4. The maximum absolute atomic E-state index is 12.8. The van der Waals surface area contributed by atoms with Crippen molar-refractivity contribution in [3.63, 3.8) is 0 Å². The van der Waals surface area contributed by atoms with Gasteiger partial charge in [-0.05, 0) is 44.5 Å². The second-order valence-corrected chi connectivity index (χ2v) is 9.64. The first-order valence-electron chi connectivity index (χ1n) is 12.0. The van der Waals surface area contributed by atoms with Gasteiger partial charge >= 0.3 is 0 Å². The summed E-state index contributed by atoms with van der Waals surface area (Å²) >= 11 is 1.17. The normalized spacial score (nSPS) is 15.9. The van der Waals surface area contributed by atoms with E-state index >= 15 is 0 Å². The molecular formula is C26H31N5O4S. The Morgan fingerprint density at radius 3 is 2.75 bits per heavy atom. The molecule has 0 spiro atoms. The minimum Gasteiger partial charge on any atom is -0.489 e. The Hall–Kier alpha value is -3.66. The van der Waals surface area contributed by atoms with E-state index in [-0.39, 0.29) is 24.0 Å². The highest BCUT2D eigenvalue weighted by Crippen LogP contribution is 2.27. The van der Waals surface area contributed by atoms with Crippen LogP contribution in [0.15, 0.2) is 42.6 Å². The van der Waals surface area contributed by atoms with Crippen molar-refractivity contribution in [3.8, 4) is 11.6 Å². The smallest absolute Gasteiger partial charge is 0.263 e. The molecular weight excluding hydrogens is 478 g/mol. The van der Waals surface area contributed by atoms with Gasteiger partial charge in [0, 0.05) is 37.8 Å². The third kappa shape index (κ3) is 6.31. The lowest BCUT2D eigenvalue weighted by atomic mass is 10.1. The predicted octanol–water partition coefficient (Wildman–Crippen LogP) is 4.35. The molecule has 1 fully saturated rings. The van der Waals surface area contributed by atoms with Gasteiger partial charge < -0.3 is 25.0 Å². The summed E-state index contributed by atoms with van der Waals surface area (Å²) in [6.45, 7) is 9.32. The first kappa shape index (κ1) is 25.4. The highest BCUT2D eigenvalue weighted by Gasteiger charge is 2.25. The molecule has 2 atom stereocenters. The van der Waals surface area contributed by atoms with Crippen molar-refractivity contribution in [2.75, 3.05) is 29.9 Å². The molecule has 0 aliphatic carbocycles. The first-order valence-corrected chi connectivity index (χ1v) is 12.8. The van der Waals surface area contributed by atoms with Gasteiger partial charge in [-0.2, -0.15) is 0 Å². The molecule has 10 heteroatoms. The van der Waals surface area contributed by atoms with E-state index in [2.05, 4.69) is 25.5 Å². The molecule has 2 amide bonds. The number of carbonyl (C=O) groups excluding carboxylic acids is 2. The summed E-state index contributed by atoms with van der Waals surface area (Å²) in [5, 5.41) is 6.05. The monoisotopic (exact) mass is 509 g/mol. The summed E-state index contributed by atoms with van der Waals surface area (Å²) in [4.78, 5) is 35.3. The van der Waals surface area contributed by atoms with E-state index in [4.69, 9.17) is 9.47 Å². The average Bonchev–Trinajstić information content (AvgIpc) is 3.46. The van der Waals surface area contributed by atoms with Crippen LogP contribution in [-0.2, 0) is 4.79 Å². The van der Waals surface area contributed by atoms with Gasteiger partial charge in [0.25, 0.3) is 5.91 Å². The quantitative estimate of drug-likeness (QED) is 0.442. The number of carbonyl (C=O) groups is 2. The molecule has 0 bridgehead atoms. The first-order chi connectivity index (χ1) is 17.3. The summed E-state index contributed by atoms with van der Waals surface area (Å²) in [6.07, 6.45) is 2.78. The highest BCUT2D eigenvalue weighted by molar-refractivity contribution is 7.17. The summed E-state index contributed by atoms with van der Waals surface area (Å²) < 4.78 is 11.7. The van der Waals surface area contributed by atoms with Crippen molar-refractivity contribution in [1.29, 1.82) is 0 Å². The van der Waals surface area contributed by atoms with Crippen molar-refractivity contribution < 1.29 is 19.1 Å². The lowest BCUT2D eigenvalue weighted by molar-refractivity contribution is -0.114. The number of aromatic nitrogens is 2.